The summed E-state index contributed by atoms with van der Waals surface area (Å²) in [4.78, 5) is 49.2. The Labute approximate surface area is 128 Å². The lowest BCUT2D eigenvalue weighted by molar-refractivity contribution is -0.142. The summed E-state index contributed by atoms with van der Waals surface area (Å²) >= 11 is 0. The molecule has 2 rings (SSSR count). The maximum atomic E-state index is 12.2. The molecule has 0 N–H and O–H groups in total. The molecule has 22 heavy (non-hydrogen) atoms. The predicted octanol–water partition coefficient (Wildman–Crippen LogP) is 1.46. The minimum absolute atomic E-state index is 0.0578. The highest BCUT2D eigenvalue weighted by atomic mass is 16.2. The minimum atomic E-state index is -0.982. The van der Waals surface area contributed by atoms with Crippen molar-refractivity contribution in [1.82, 2.24) is 9.80 Å². The van der Waals surface area contributed by atoms with Gasteiger partial charge in [0.2, 0.25) is 0 Å². The topological polar surface area (TPSA) is 74.8 Å². The lowest BCUT2D eigenvalue weighted by Gasteiger charge is -2.13. The van der Waals surface area contributed by atoms with E-state index in [2.05, 4.69) is 6.58 Å². The Morgan fingerprint density at radius 2 is 1.73 bits per heavy atom. The maximum absolute atomic E-state index is 12.2. The molecule has 1 aliphatic rings. The fourth-order valence-corrected chi connectivity index (χ4v) is 2.13. The number of carbonyl (C=O) groups excluding carboxylic acids is 4. The van der Waals surface area contributed by atoms with E-state index in [9.17, 15) is 19.2 Å². The summed E-state index contributed by atoms with van der Waals surface area (Å²) in [6.45, 7) is 6.71. The first kappa shape index (κ1) is 15.6. The minimum Gasteiger partial charge on any atom is -0.292 e. The fourth-order valence-electron chi connectivity index (χ4n) is 2.13. The molecule has 1 aromatic carbocycles. The van der Waals surface area contributed by atoms with Crippen LogP contribution in [0.5, 0.6) is 0 Å². The van der Waals surface area contributed by atoms with Crippen LogP contribution in [0.25, 0.3) is 0 Å². The summed E-state index contributed by atoms with van der Waals surface area (Å²) in [5, 5.41) is 0. The molecule has 0 bridgehead atoms. The highest BCUT2D eigenvalue weighted by Gasteiger charge is 2.44. The van der Waals surface area contributed by atoms with Gasteiger partial charge in [-0.3, -0.25) is 19.3 Å². The second-order valence-electron chi connectivity index (χ2n) is 5.10. The van der Waals surface area contributed by atoms with E-state index in [1.807, 2.05) is 13.8 Å². The van der Waals surface area contributed by atoms with Gasteiger partial charge in [0.05, 0.1) is 6.54 Å². The van der Waals surface area contributed by atoms with Crippen molar-refractivity contribution < 1.29 is 19.2 Å². The van der Waals surface area contributed by atoms with Gasteiger partial charge in [0, 0.05) is 12.1 Å². The number of urea groups is 1. The Morgan fingerprint density at radius 3 is 2.32 bits per heavy atom. The first-order valence-electron chi connectivity index (χ1n) is 6.75. The van der Waals surface area contributed by atoms with Crippen LogP contribution < -0.4 is 0 Å². The van der Waals surface area contributed by atoms with Gasteiger partial charge in [-0.15, -0.1) is 6.58 Å². The Bertz CT molecular complexity index is 693. The number of ketones is 1. The Hall–Kier alpha value is -2.76. The van der Waals surface area contributed by atoms with E-state index in [1.54, 1.807) is 18.2 Å². The van der Waals surface area contributed by atoms with Gasteiger partial charge in [0.25, 0.3) is 0 Å². The number of benzene rings is 1. The second-order valence-corrected chi connectivity index (χ2v) is 5.10. The van der Waals surface area contributed by atoms with Crippen molar-refractivity contribution in [2.45, 2.75) is 13.8 Å². The lowest BCUT2D eigenvalue weighted by atomic mass is 10.0. The summed E-state index contributed by atoms with van der Waals surface area (Å²) in [6, 6.07) is 4.35. The van der Waals surface area contributed by atoms with E-state index >= 15 is 0 Å². The van der Waals surface area contributed by atoms with E-state index in [0.29, 0.717) is 10.5 Å². The van der Waals surface area contributed by atoms with Gasteiger partial charge in [-0.2, -0.15) is 0 Å². The van der Waals surface area contributed by atoms with Crippen LogP contribution in [0.15, 0.2) is 30.9 Å². The number of aryl methyl sites for hydroxylation is 2. The van der Waals surface area contributed by atoms with E-state index in [-0.39, 0.29) is 6.54 Å². The van der Waals surface area contributed by atoms with Gasteiger partial charge in [-0.05, 0) is 31.0 Å². The third-order valence-electron chi connectivity index (χ3n) is 3.58. The number of hydrogen-bond acceptors (Lipinski definition) is 4. The normalized spacial score (nSPS) is 14.7. The van der Waals surface area contributed by atoms with E-state index in [0.717, 1.165) is 16.0 Å². The standard InChI is InChI=1S/C16H16N2O4/c1-4-7-17-14(20)15(21)18(16(17)22)9-13(19)12-6-5-10(2)11(3)8-12/h4-6,8H,1,7,9H2,2-3H3. The van der Waals surface area contributed by atoms with Gasteiger partial charge in [-0.1, -0.05) is 18.2 Å². The van der Waals surface area contributed by atoms with Gasteiger partial charge in [0.1, 0.15) is 0 Å². The highest BCUT2D eigenvalue weighted by molar-refractivity contribution is 6.45. The summed E-state index contributed by atoms with van der Waals surface area (Å²) in [6.07, 6.45) is 1.34. The van der Waals surface area contributed by atoms with Crippen molar-refractivity contribution in [2.24, 2.45) is 0 Å². The molecule has 1 fully saturated rings. The number of imide groups is 2. The van der Waals surface area contributed by atoms with Gasteiger partial charge in [-0.25, -0.2) is 9.69 Å². The van der Waals surface area contributed by atoms with Gasteiger partial charge >= 0.3 is 17.8 Å². The largest absolute Gasteiger partial charge is 0.334 e. The first-order chi connectivity index (χ1) is 10.4. The molecule has 1 aromatic rings. The zero-order valence-electron chi connectivity index (χ0n) is 12.5. The molecule has 1 heterocycles. The van der Waals surface area contributed by atoms with Crippen LogP contribution in [-0.4, -0.2) is 46.5 Å². The number of carbonyl (C=O) groups is 4. The molecular formula is C16H16N2O4. The summed E-state index contributed by atoms with van der Waals surface area (Å²) in [5.41, 5.74) is 2.38. The molecule has 0 spiro atoms. The summed E-state index contributed by atoms with van der Waals surface area (Å²) in [5.74, 6) is -2.31. The molecule has 0 radical (unpaired) electrons. The van der Waals surface area contributed by atoms with Crippen molar-refractivity contribution in [3.05, 3.63) is 47.5 Å². The summed E-state index contributed by atoms with van der Waals surface area (Å²) < 4.78 is 0. The number of hydrogen-bond donors (Lipinski definition) is 0. The molecule has 0 aliphatic carbocycles. The third-order valence-corrected chi connectivity index (χ3v) is 3.58. The molecular weight excluding hydrogens is 284 g/mol. The number of rotatable bonds is 5. The zero-order valence-corrected chi connectivity index (χ0v) is 12.5. The number of Topliss-reactive ketones (excluding diaryl/α,β-unsaturated/α-hetero) is 1. The van der Waals surface area contributed by atoms with Crippen LogP contribution in [0.3, 0.4) is 0 Å². The van der Waals surface area contributed by atoms with Crippen LogP contribution in [-0.2, 0) is 9.59 Å². The monoisotopic (exact) mass is 300 g/mol. The van der Waals surface area contributed by atoms with E-state index < -0.39 is 30.2 Å². The lowest BCUT2D eigenvalue weighted by Crippen LogP contribution is -2.37. The maximum Gasteiger partial charge on any atom is 0.334 e. The zero-order chi connectivity index (χ0) is 16.4. The molecule has 0 unspecified atom stereocenters. The average Bonchev–Trinajstić information content (AvgIpc) is 2.68. The highest BCUT2D eigenvalue weighted by Crippen LogP contribution is 2.15. The van der Waals surface area contributed by atoms with Crippen molar-refractivity contribution in [3.8, 4) is 0 Å². The second kappa shape index (κ2) is 5.93. The molecule has 6 heteroatoms. The third kappa shape index (κ3) is 2.67. The van der Waals surface area contributed by atoms with Crippen molar-refractivity contribution in [3.63, 3.8) is 0 Å². The van der Waals surface area contributed by atoms with Crippen molar-refractivity contribution in [1.29, 1.82) is 0 Å². The SMILES string of the molecule is C=CCN1C(=O)C(=O)N(CC(=O)c2ccc(C)c(C)c2)C1=O. The Kier molecular flexibility index (Phi) is 4.21. The number of nitrogens with zero attached hydrogens (tertiary/aromatic N) is 2. The van der Waals surface area contributed by atoms with Crippen LogP contribution in [0, 0.1) is 13.8 Å². The predicted molar refractivity (Wildman–Crippen MR) is 79.3 cm³/mol. The molecule has 6 nitrogen and oxygen atoms in total. The molecule has 1 saturated heterocycles. The molecule has 114 valence electrons. The van der Waals surface area contributed by atoms with Crippen LogP contribution in [0.1, 0.15) is 21.5 Å². The molecule has 4 amide bonds. The fraction of sp³-hybridized carbons (Fsp3) is 0.250. The van der Waals surface area contributed by atoms with Gasteiger partial charge in [0.15, 0.2) is 5.78 Å². The smallest absolute Gasteiger partial charge is 0.292 e. The average molecular weight is 300 g/mol. The van der Waals surface area contributed by atoms with Crippen LogP contribution in [0.2, 0.25) is 0 Å². The van der Waals surface area contributed by atoms with Crippen molar-refractivity contribution >= 4 is 23.6 Å². The Balaban J connectivity index is 2.19. The summed E-state index contributed by atoms with van der Waals surface area (Å²) in [7, 11) is 0. The van der Waals surface area contributed by atoms with Crippen LogP contribution >= 0.6 is 0 Å². The van der Waals surface area contributed by atoms with Crippen molar-refractivity contribution in [2.75, 3.05) is 13.1 Å². The quantitative estimate of drug-likeness (QED) is 0.357. The number of amides is 4. The van der Waals surface area contributed by atoms with E-state index in [1.165, 1.54) is 6.08 Å². The molecule has 1 aliphatic heterocycles. The first-order valence-corrected chi connectivity index (χ1v) is 6.75. The molecule has 0 saturated carbocycles. The molecule has 0 aromatic heterocycles. The molecule has 0 atom stereocenters. The van der Waals surface area contributed by atoms with Gasteiger partial charge < -0.3 is 0 Å². The van der Waals surface area contributed by atoms with E-state index in [4.69, 9.17) is 0 Å². The van der Waals surface area contributed by atoms with Crippen LogP contribution in [0.4, 0.5) is 4.79 Å². The Morgan fingerprint density at radius 1 is 1.09 bits per heavy atom.